The molecular formula is C15H15N3OS. The van der Waals surface area contributed by atoms with Gasteiger partial charge in [0.25, 0.3) is 5.91 Å². The monoisotopic (exact) mass is 285 g/mol. The first kappa shape index (κ1) is 14.1. The Hall–Kier alpha value is -2.27. The van der Waals surface area contributed by atoms with E-state index in [4.69, 9.17) is 18.0 Å². The number of rotatable bonds is 3. The van der Waals surface area contributed by atoms with Gasteiger partial charge in [-0.25, -0.2) is 0 Å². The van der Waals surface area contributed by atoms with E-state index in [2.05, 4.69) is 10.3 Å². The molecule has 1 aromatic carbocycles. The molecule has 0 saturated carbocycles. The minimum Gasteiger partial charge on any atom is -0.389 e. The normalized spacial score (nSPS) is 10.1. The summed E-state index contributed by atoms with van der Waals surface area (Å²) in [6.07, 6.45) is 1.66. The van der Waals surface area contributed by atoms with E-state index in [-0.39, 0.29) is 5.91 Å². The van der Waals surface area contributed by atoms with Crippen LogP contribution in [0.2, 0.25) is 0 Å². The van der Waals surface area contributed by atoms with Crippen LogP contribution >= 0.6 is 12.2 Å². The van der Waals surface area contributed by atoms with Gasteiger partial charge in [0.15, 0.2) is 0 Å². The van der Waals surface area contributed by atoms with Crippen molar-refractivity contribution in [1.29, 1.82) is 0 Å². The van der Waals surface area contributed by atoms with Crippen molar-refractivity contribution in [2.24, 2.45) is 5.73 Å². The SMILES string of the molecule is Cc1ccc(C(N)=S)cc1NC(=O)c1cccnc1C. The van der Waals surface area contributed by atoms with Gasteiger partial charge in [0.2, 0.25) is 0 Å². The third-order valence-electron chi connectivity index (χ3n) is 3.02. The van der Waals surface area contributed by atoms with E-state index in [1.807, 2.05) is 19.1 Å². The summed E-state index contributed by atoms with van der Waals surface area (Å²) in [7, 11) is 0. The molecule has 0 atom stereocenters. The zero-order valence-corrected chi connectivity index (χ0v) is 12.1. The third-order valence-corrected chi connectivity index (χ3v) is 3.26. The van der Waals surface area contributed by atoms with Crippen molar-refractivity contribution in [3.63, 3.8) is 0 Å². The molecule has 1 amide bonds. The largest absolute Gasteiger partial charge is 0.389 e. The second kappa shape index (κ2) is 5.79. The van der Waals surface area contributed by atoms with E-state index < -0.39 is 0 Å². The van der Waals surface area contributed by atoms with Crippen molar-refractivity contribution >= 4 is 28.8 Å². The molecule has 0 aliphatic carbocycles. The highest BCUT2D eigenvalue weighted by molar-refractivity contribution is 7.80. The van der Waals surface area contributed by atoms with Crippen LogP contribution < -0.4 is 11.1 Å². The van der Waals surface area contributed by atoms with Crippen molar-refractivity contribution in [3.05, 3.63) is 58.9 Å². The van der Waals surface area contributed by atoms with Crippen molar-refractivity contribution in [2.75, 3.05) is 5.32 Å². The molecule has 1 heterocycles. The van der Waals surface area contributed by atoms with E-state index in [1.165, 1.54) is 0 Å². The standard InChI is InChI=1S/C15H15N3OS/c1-9-5-6-11(14(16)20)8-13(9)18-15(19)12-4-3-7-17-10(12)2/h3-8H,1-2H3,(H2,16,20)(H,18,19). The first-order chi connectivity index (χ1) is 9.49. The molecule has 5 heteroatoms. The van der Waals surface area contributed by atoms with Gasteiger partial charge in [-0.15, -0.1) is 0 Å². The van der Waals surface area contributed by atoms with Crippen LogP contribution in [0.4, 0.5) is 5.69 Å². The van der Waals surface area contributed by atoms with Gasteiger partial charge in [-0.2, -0.15) is 0 Å². The first-order valence-electron chi connectivity index (χ1n) is 6.12. The lowest BCUT2D eigenvalue weighted by molar-refractivity contribution is 0.102. The average Bonchev–Trinajstić information content (AvgIpc) is 2.41. The molecule has 0 spiro atoms. The molecule has 0 fully saturated rings. The molecule has 1 aromatic heterocycles. The van der Waals surface area contributed by atoms with Gasteiger partial charge < -0.3 is 11.1 Å². The Morgan fingerprint density at radius 2 is 2.05 bits per heavy atom. The van der Waals surface area contributed by atoms with Gasteiger partial charge in [-0.05, 0) is 37.6 Å². The van der Waals surface area contributed by atoms with Crippen LogP contribution in [0.15, 0.2) is 36.5 Å². The number of nitrogens with two attached hydrogens (primary N) is 1. The Morgan fingerprint density at radius 1 is 1.30 bits per heavy atom. The van der Waals surface area contributed by atoms with Gasteiger partial charge in [0, 0.05) is 23.1 Å². The molecule has 0 aliphatic heterocycles. The molecular weight excluding hydrogens is 270 g/mol. The molecule has 102 valence electrons. The van der Waals surface area contributed by atoms with Crippen LogP contribution in [0.1, 0.15) is 27.2 Å². The number of carbonyl (C=O) groups excluding carboxylic acids is 1. The van der Waals surface area contributed by atoms with Crippen molar-refractivity contribution in [3.8, 4) is 0 Å². The molecule has 0 saturated heterocycles. The van der Waals surface area contributed by atoms with Gasteiger partial charge in [-0.3, -0.25) is 9.78 Å². The maximum atomic E-state index is 12.3. The molecule has 2 rings (SSSR count). The highest BCUT2D eigenvalue weighted by Crippen LogP contribution is 2.18. The number of hydrogen-bond donors (Lipinski definition) is 2. The summed E-state index contributed by atoms with van der Waals surface area (Å²) in [5, 5.41) is 2.87. The highest BCUT2D eigenvalue weighted by atomic mass is 32.1. The van der Waals surface area contributed by atoms with Crippen LogP contribution in [0.25, 0.3) is 0 Å². The molecule has 0 radical (unpaired) electrons. The minimum atomic E-state index is -0.196. The average molecular weight is 285 g/mol. The molecule has 20 heavy (non-hydrogen) atoms. The van der Waals surface area contributed by atoms with Crippen molar-refractivity contribution < 1.29 is 4.79 Å². The van der Waals surface area contributed by atoms with E-state index in [9.17, 15) is 4.79 Å². The Bertz CT molecular complexity index is 683. The Kier molecular flexibility index (Phi) is 4.10. The molecule has 0 aliphatic rings. The fourth-order valence-corrected chi connectivity index (χ4v) is 1.95. The summed E-state index contributed by atoms with van der Waals surface area (Å²) in [5.41, 5.74) is 9.21. The minimum absolute atomic E-state index is 0.196. The van der Waals surface area contributed by atoms with Crippen molar-refractivity contribution in [1.82, 2.24) is 4.98 Å². The Labute approximate surface area is 123 Å². The predicted molar refractivity (Wildman–Crippen MR) is 84.0 cm³/mol. The molecule has 0 bridgehead atoms. The third kappa shape index (κ3) is 3.00. The molecule has 4 nitrogen and oxygen atoms in total. The lowest BCUT2D eigenvalue weighted by atomic mass is 10.1. The van der Waals surface area contributed by atoms with E-state index in [1.54, 1.807) is 31.3 Å². The number of pyridine rings is 1. The summed E-state index contributed by atoms with van der Waals surface area (Å²) in [6, 6.07) is 8.97. The Balaban J connectivity index is 2.30. The zero-order chi connectivity index (χ0) is 14.7. The number of nitrogens with one attached hydrogen (secondary N) is 1. The topological polar surface area (TPSA) is 68.0 Å². The number of benzene rings is 1. The Morgan fingerprint density at radius 3 is 2.70 bits per heavy atom. The number of hydrogen-bond acceptors (Lipinski definition) is 3. The number of amides is 1. The lowest BCUT2D eigenvalue weighted by Crippen LogP contribution is -2.16. The molecule has 2 aromatic rings. The van der Waals surface area contributed by atoms with Crippen molar-refractivity contribution in [2.45, 2.75) is 13.8 Å². The smallest absolute Gasteiger partial charge is 0.257 e. The van der Waals surface area contributed by atoms with Gasteiger partial charge in [-0.1, -0.05) is 24.4 Å². The maximum Gasteiger partial charge on any atom is 0.257 e. The summed E-state index contributed by atoms with van der Waals surface area (Å²) in [6.45, 7) is 3.71. The van der Waals surface area contributed by atoms with Crippen LogP contribution in [0.3, 0.4) is 0 Å². The number of aryl methyl sites for hydroxylation is 2. The maximum absolute atomic E-state index is 12.3. The summed E-state index contributed by atoms with van der Waals surface area (Å²) < 4.78 is 0. The molecule has 0 unspecified atom stereocenters. The van der Waals surface area contributed by atoms with Crippen LogP contribution in [0, 0.1) is 13.8 Å². The van der Waals surface area contributed by atoms with Gasteiger partial charge >= 0.3 is 0 Å². The second-order valence-electron chi connectivity index (χ2n) is 4.48. The summed E-state index contributed by atoms with van der Waals surface area (Å²) >= 11 is 4.95. The fraction of sp³-hybridized carbons (Fsp3) is 0.133. The van der Waals surface area contributed by atoms with Gasteiger partial charge in [0.05, 0.1) is 5.56 Å². The van der Waals surface area contributed by atoms with E-state index in [0.717, 1.165) is 11.1 Å². The number of carbonyl (C=O) groups is 1. The van der Waals surface area contributed by atoms with Crippen LogP contribution in [-0.4, -0.2) is 15.9 Å². The van der Waals surface area contributed by atoms with Crippen LogP contribution in [-0.2, 0) is 0 Å². The summed E-state index contributed by atoms with van der Waals surface area (Å²) in [5.74, 6) is -0.196. The lowest BCUT2D eigenvalue weighted by Gasteiger charge is -2.11. The highest BCUT2D eigenvalue weighted by Gasteiger charge is 2.11. The molecule has 3 N–H and O–H groups in total. The first-order valence-corrected chi connectivity index (χ1v) is 6.53. The van der Waals surface area contributed by atoms with E-state index >= 15 is 0 Å². The number of thiocarbonyl (C=S) groups is 1. The number of anilines is 1. The predicted octanol–water partition coefficient (Wildman–Crippen LogP) is 2.58. The van der Waals surface area contributed by atoms with E-state index in [0.29, 0.717) is 21.9 Å². The number of aromatic nitrogens is 1. The second-order valence-corrected chi connectivity index (χ2v) is 4.92. The zero-order valence-electron chi connectivity index (χ0n) is 11.3. The fourth-order valence-electron chi connectivity index (χ4n) is 1.82. The quantitative estimate of drug-likeness (QED) is 0.851. The van der Waals surface area contributed by atoms with Crippen LogP contribution in [0.5, 0.6) is 0 Å². The van der Waals surface area contributed by atoms with Gasteiger partial charge in [0.1, 0.15) is 4.99 Å². The summed E-state index contributed by atoms with van der Waals surface area (Å²) in [4.78, 5) is 16.7. The number of nitrogens with zero attached hydrogens (tertiary/aromatic N) is 1.